The van der Waals surface area contributed by atoms with E-state index >= 15 is 0 Å². The normalized spacial score (nSPS) is 16.1. The maximum Gasteiger partial charge on any atom is 0.258 e. The second-order valence-electron chi connectivity index (χ2n) is 8.77. The lowest BCUT2D eigenvalue weighted by molar-refractivity contribution is 0.228. The third-order valence-corrected chi connectivity index (χ3v) is 6.23. The van der Waals surface area contributed by atoms with Crippen LogP contribution in [-0.4, -0.2) is 48.5 Å². The quantitative estimate of drug-likeness (QED) is 0.391. The molecule has 0 atom stereocenters. The molecular formula is C28H34N4O2. The monoisotopic (exact) mass is 458 g/mol. The Hall–Kier alpha value is -3.38. The van der Waals surface area contributed by atoms with Crippen LogP contribution in [0.5, 0.6) is 5.75 Å². The van der Waals surface area contributed by atoms with Crippen LogP contribution in [0.15, 0.2) is 77.3 Å². The molecule has 1 fully saturated rings. The number of nitrogens with one attached hydrogen (secondary N) is 2. The van der Waals surface area contributed by atoms with Crippen molar-refractivity contribution in [2.45, 2.75) is 32.1 Å². The smallest absolute Gasteiger partial charge is 0.258 e. The number of nitrogens with zero attached hydrogens (tertiary/aromatic N) is 2. The van der Waals surface area contributed by atoms with Gasteiger partial charge in [0.1, 0.15) is 12.4 Å². The maximum absolute atomic E-state index is 12.8. The summed E-state index contributed by atoms with van der Waals surface area (Å²) in [6, 6.07) is 9.04. The predicted molar refractivity (Wildman–Crippen MR) is 140 cm³/mol. The Morgan fingerprint density at radius 1 is 1.09 bits per heavy atom. The predicted octanol–water partition coefficient (Wildman–Crippen LogP) is 4.94. The van der Waals surface area contributed by atoms with Crippen molar-refractivity contribution in [1.82, 2.24) is 9.47 Å². The number of benzene rings is 1. The van der Waals surface area contributed by atoms with Gasteiger partial charge in [0.25, 0.3) is 5.56 Å². The molecule has 1 aromatic carbocycles. The maximum atomic E-state index is 12.8. The fourth-order valence-corrected chi connectivity index (χ4v) is 4.34. The summed E-state index contributed by atoms with van der Waals surface area (Å²) in [5.41, 5.74) is 3.31. The van der Waals surface area contributed by atoms with E-state index in [0.717, 1.165) is 48.4 Å². The Morgan fingerprint density at radius 2 is 1.97 bits per heavy atom. The Bertz CT molecular complexity index is 1120. The third-order valence-electron chi connectivity index (χ3n) is 6.23. The molecule has 1 aliphatic carbocycles. The van der Waals surface area contributed by atoms with Gasteiger partial charge in [0.05, 0.1) is 0 Å². The van der Waals surface area contributed by atoms with E-state index in [4.69, 9.17) is 10.1 Å². The number of hydrogen-bond acceptors (Lipinski definition) is 5. The second kappa shape index (κ2) is 12.2. The van der Waals surface area contributed by atoms with E-state index in [-0.39, 0.29) is 5.56 Å². The van der Waals surface area contributed by atoms with Gasteiger partial charge in [-0.15, -0.1) is 0 Å². The van der Waals surface area contributed by atoms with Gasteiger partial charge in [0, 0.05) is 42.0 Å². The topological polar surface area (TPSA) is 70.3 Å². The summed E-state index contributed by atoms with van der Waals surface area (Å²) in [4.78, 5) is 15.3. The molecule has 0 saturated carbocycles. The van der Waals surface area contributed by atoms with Gasteiger partial charge in [-0.1, -0.05) is 36.8 Å². The molecule has 2 aliphatic rings. The molecule has 178 valence electrons. The molecule has 0 radical (unpaired) electrons. The molecule has 4 rings (SSSR count). The molecule has 1 saturated heterocycles. The number of ether oxygens (including phenoxy) is 1. The van der Waals surface area contributed by atoms with Crippen LogP contribution >= 0.6 is 0 Å². The molecule has 1 aliphatic heterocycles. The van der Waals surface area contributed by atoms with Crippen molar-refractivity contribution in [2.24, 2.45) is 0 Å². The highest BCUT2D eigenvalue weighted by Gasteiger charge is 2.10. The Kier molecular flexibility index (Phi) is 8.52. The van der Waals surface area contributed by atoms with E-state index in [2.05, 4.69) is 22.4 Å². The molecule has 0 amide bonds. The summed E-state index contributed by atoms with van der Waals surface area (Å²) in [5.74, 6) is 0.544. The highest BCUT2D eigenvalue weighted by Crippen LogP contribution is 2.19. The number of pyridine rings is 1. The van der Waals surface area contributed by atoms with Crippen LogP contribution in [0.1, 0.15) is 37.7 Å². The fourth-order valence-electron chi connectivity index (χ4n) is 4.34. The van der Waals surface area contributed by atoms with Crippen molar-refractivity contribution in [3.05, 3.63) is 88.4 Å². The van der Waals surface area contributed by atoms with Gasteiger partial charge < -0.3 is 20.4 Å². The molecule has 2 heterocycles. The van der Waals surface area contributed by atoms with Crippen LogP contribution in [0.4, 0.5) is 5.69 Å². The van der Waals surface area contributed by atoms with Gasteiger partial charge >= 0.3 is 0 Å². The van der Waals surface area contributed by atoms with Crippen LogP contribution in [0.3, 0.4) is 0 Å². The molecule has 2 aromatic rings. The first-order valence-corrected chi connectivity index (χ1v) is 12.2. The average Bonchev–Trinajstić information content (AvgIpc) is 3.15. The summed E-state index contributed by atoms with van der Waals surface area (Å²) >= 11 is 0. The zero-order valence-corrected chi connectivity index (χ0v) is 19.7. The first-order chi connectivity index (χ1) is 16.7. The standard InChI is InChI=1S/C28H34N4O2/c29-21-24-19-25(11-12-27(24)30-14-8-17-31-15-6-3-7-16-31)32-18-13-26(20-28(32)33)34-22-23-9-4-1-2-5-10-23/h1,4-5,9-13,18-21,29-30H,2-3,6-8,14-17,22H2. The number of rotatable bonds is 10. The Balaban J connectivity index is 1.36. The lowest BCUT2D eigenvalue weighted by Gasteiger charge is -2.26. The molecule has 0 spiro atoms. The SMILES string of the molecule is N=Cc1cc(-n2ccc(OCC3=CC=CCC=C3)cc2=O)ccc1NCCCN1CCCCC1. The lowest BCUT2D eigenvalue weighted by atomic mass is 10.1. The number of allylic oxidation sites excluding steroid dienone is 4. The Labute approximate surface area is 201 Å². The first kappa shape index (κ1) is 23.8. The summed E-state index contributed by atoms with van der Waals surface area (Å²) < 4.78 is 7.40. The molecule has 2 N–H and O–H groups in total. The first-order valence-electron chi connectivity index (χ1n) is 12.2. The summed E-state index contributed by atoms with van der Waals surface area (Å²) in [5, 5.41) is 11.3. The summed E-state index contributed by atoms with van der Waals surface area (Å²) in [7, 11) is 0. The molecule has 0 unspecified atom stereocenters. The van der Waals surface area contributed by atoms with Crippen molar-refractivity contribution in [1.29, 1.82) is 5.41 Å². The van der Waals surface area contributed by atoms with E-state index in [1.54, 1.807) is 16.8 Å². The zero-order chi connectivity index (χ0) is 23.6. The largest absolute Gasteiger partial charge is 0.489 e. The Morgan fingerprint density at radius 3 is 2.79 bits per heavy atom. The average molecular weight is 459 g/mol. The van der Waals surface area contributed by atoms with Crippen molar-refractivity contribution < 1.29 is 4.74 Å². The van der Waals surface area contributed by atoms with E-state index < -0.39 is 0 Å². The molecular weight excluding hydrogens is 424 g/mol. The van der Waals surface area contributed by atoms with Crippen molar-refractivity contribution in [2.75, 3.05) is 38.1 Å². The number of anilines is 1. The van der Waals surface area contributed by atoms with Crippen LogP contribution in [0, 0.1) is 5.41 Å². The molecule has 6 heteroatoms. The van der Waals surface area contributed by atoms with Crippen LogP contribution in [0.2, 0.25) is 0 Å². The highest BCUT2D eigenvalue weighted by atomic mass is 16.5. The van der Waals surface area contributed by atoms with Crippen molar-refractivity contribution >= 4 is 11.9 Å². The molecule has 6 nitrogen and oxygen atoms in total. The molecule has 1 aromatic heterocycles. The summed E-state index contributed by atoms with van der Waals surface area (Å²) in [6.07, 6.45) is 19.3. The van der Waals surface area contributed by atoms with Crippen LogP contribution in [0.25, 0.3) is 5.69 Å². The van der Waals surface area contributed by atoms with Crippen LogP contribution < -0.4 is 15.6 Å². The van der Waals surface area contributed by atoms with Gasteiger partial charge in [-0.05, 0) is 75.2 Å². The van der Waals surface area contributed by atoms with E-state index in [1.807, 2.05) is 36.4 Å². The van der Waals surface area contributed by atoms with Gasteiger partial charge in [0.2, 0.25) is 0 Å². The third kappa shape index (κ3) is 6.58. The minimum absolute atomic E-state index is 0.166. The van der Waals surface area contributed by atoms with Crippen molar-refractivity contribution in [3.8, 4) is 11.4 Å². The van der Waals surface area contributed by atoms with Crippen molar-refractivity contribution in [3.63, 3.8) is 0 Å². The van der Waals surface area contributed by atoms with Crippen LogP contribution in [-0.2, 0) is 0 Å². The van der Waals surface area contributed by atoms with Gasteiger partial charge in [-0.25, -0.2) is 0 Å². The number of likely N-dealkylation sites (tertiary alicyclic amines) is 1. The van der Waals surface area contributed by atoms with Gasteiger partial charge in [-0.2, -0.15) is 0 Å². The lowest BCUT2D eigenvalue weighted by Crippen LogP contribution is -2.31. The van der Waals surface area contributed by atoms with E-state index in [0.29, 0.717) is 12.4 Å². The highest BCUT2D eigenvalue weighted by molar-refractivity contribution is 5.86. The molecule has 34 heavy (non-hydrogen) atoms. The van der Waals surface area contributed by atoms with E-state index in [1.165, 1.54) is 44.6 Å². The minimum Gasteiger partial charge on any atom is -0.489 e. The fraction of sp³-hybridized carbons (Fsp3) is 0.357. The van der Waals surface area contributed by atoms with E-state index in [9.17, 15) is 4.79 Å². The minimum atomic E-state index is -0.166. The number of hydrogen-bond donors (Lipinski definition) is 2. The zero-order valence-electron chi connectivity index (χ0n) is 19.7. The molecule has 0 bridgehead atoms. The van der Waals surface area contributed by atoms with Gasteiger partial charge in [0.15, 0.2) is 0 Å². The van der Waals surface area contributed by atoms with Gasteiger partial charge in [-0.3, -0.25) is 9.36 Å². The summed E-state index contributed by atoms with van der Waals surface area (Å²) in [6.45, 7) is 4.82. The number of aromatic nitrogens is 1. The second-order valence-corrected chi connectivity index (χ2v) is 8.77. The number of piperidine rings is 1.